The minimum atomic E-state index is -9.49. The van der Waals surface area contributed by atoms with Crippen molar-refractivity contribution in [3.63, 3.8) is 0 Å². The number of hydrogen-bond acceptors (Lipinski definition) is 1. The third-order valence-corrected chi connectivity index (χ3v) is 13.8. The minimum absolute atomic E-state index is 0.0921. The van der Waals surface area contributed by atoms with E-state index in [0.717, 1.165) is 0 Å². The Morgan fingerprint density at radius 2 is 0.531 bits per heavy atom. The molecule has 0 aliphatic carbocycles. The zero-order valence-corrected chi connectivity index (χ0v) is 26.4. The van der Waals surface area contributed by atoms with Gasteiger partial charge in [0.05, 0.1) is 0 Å². The van der Waals surface area contributed by atoms with E-state index in [-0.39, 0.29) is 19.6 Å². The monoisotopic (exact) mass is 826 g/mol. The highest BCUT2D eigenvalue weighted by Gasteiger charge is 2.99. The normalized spacial score (nSPS) is 19.1. The minimum Gasteiger partial charge on any atom is -0.448 e. The van der Waals surface area contributed by atoms with Gasteiger partial charge in [0.15, 0.2) is 20.7 Å². The molecule has 296 valence electrons. The van der Waals surface area contributed by atoms with E-state index in [4.69, 9.17) is 0 Å². The third kappa shape index (κ3) is 5.96. The number of alkyl halides is 26. The molecule has 0 heterocycles. The fourth-order valence-corrected chi connectivity index (χ4v) is 11.5. The largest absolute Gasteiger partial charge is 0.448 e. The highest BCUT2D eigenvalue weighted by atomic mass is 28.4. The maximum absolute atomic E-state index is 15.2. The van der Waals surface area contributed by atoms with Crippen molar-refractivity contribution in [2.75, 3.05) is 0 Å². The molecule has 0 aromatic heterocycles. The van der Waals surface area contributed by atoms with Crippen LogP contribution in [0.15, 0.2) is 0 Å². The van der Waals surface area contributed by atoms with Crippen molar-refractivity contribution in [2.45, 2.75) is 123 Å². The second kappa shape index (κ2) is 12.1. The van der Waals surface area contributed by atoms with E-state index in [2.05, 4.69) is 4.12 Å². The highest BCUT2D eigenvalue weighted by Crippen LogP contribution is 2.67. The Balaban J connectivity index is 8.13. The fourth-order valence-electron chi connectivity index (χ4n) is 3.64. The van der Waals surface area contributed by atoms with Gasteiger partial charge in [-0.15, -0.1) is 0 Å². The van der Waals surface area contributed by atoms with Gasteiger partial charge in [-0.2, -0.15) is 87.8 Å². The highest BCUT2D eigenvalue weighted by molar-refractivity contribution is 6.87. The van der Waals surface area contributed by atoms with Gasteiger partial charge >= 0.3 is 78.6 Å². The van der Waals surface area contributed by atoms with Crippen LogP contribution in [0, 0.1) is 0 Å². The SMILES string of the molecule is CC(F)C(F)(F)C(F)(F)C(F)(F)C(F)(F)C(F)(F)C(F)(F)[Si](C)(O[Si](C)(C)C)C(F)(F)C(F)(F)C(F)(F)C(F)(F)C(F)(F)C(F)(F)C(C)F. The summed E-state index contributed by atoms with van der Waals surface area (Å²) in [6, 6.07) is 0. The Bertz CT molecular complexity index is 1110. The Hall–Kier alpha value is -1.43. The summed E-state index contributed by atoms with van der Waals surface area (Å²) in [5, 5.41) is 0. The molecular weight excluding hydrogens is 806 g/mol. The van der Waals surface area contributed by atoms with Crippen LogP contribution in [0.2, 0.25) is 26.2 Å². The Morgan fingerprint density at radius 1 is 0.347 bits per heavy atom. The first-order chi connectivity index (χ1) is 20.6. The zero-order chi connectivity index (χ0) is 40.9. The molecule has 2 unspecified atom stereocenters. The van der Waals surface area contributed by atoms with Gasteiger partial charge in [-0.1, -0.05) is 0 Å². The van der Waals surface area contributed by atoms with Crippen molar-refractivity contribution in [3.05, 3.63) is 0 Å². The quantitative estimate of drug-likeness (QED) is 0.111. The van der Waals surface area contributed by atoms with Gasteiger partial charge in [-0.05, 0) is 40.0 Å². The maximum Gasteiger partial charge on any atom is 0.384 e. The van der Waals surface area contributed by atoms with Crippen LogP contribution in [0.1, 0.15) is 13.8 Å². The molecule has 0 fully saturated rings. The predicted octanol–water partition coefficient (Wildman–Crippen LogP) is 10.8. The summed E-state index contributed by atoms with van der Waals surface area (Å²) in [4.78, 5) is 0. The molecule has 0 saturated heterocycles. The lowest BCUT2D eigenvalue weighted by atomic mass is 9.92. The van der Waals surface area contributed by atoms with Gasteiger partial charge in [0.1, 0.15) is 0 Å². The van der Waals surface area contributed by atoms with Crippen LogP contribution in [-0.4, -0.2) is 99.3 Å². The molecule has 29 heteroatoms. The van der Waals surface area contributed by atoms with Crippen LogP contribution in [-0.2, 0) is 4.12 Å². The van der Waals surface area contributed by atoms with Crippen molar-refractivity contribution in [1.29, 1.82) is 0 Å². The lowest BCUT2D eigenvalue weighted by Gasteiger charge is -2.51. The van der Waals surface area contributed by atoms with Crippen molar-refractivity contribution in [1.82, 2.24) is 0 Å². The molecule has 1 nitrogen and oxygen atoms in total. The van der Waals surface area contributed by atoms with E-state index < -0.39 is 120 Å². The smallest absolute Gasteiger partial charge is 0.384 e. The average molecular weight is 826 g/mol. The summed E-state index contributed by atoms with van der Waals surface area (Å²) in [7, 11) is -14.6. The van der Waals surface area contributed by atoms with E-state index in [9.17, 15) is 96.6 Å². The van der Waals surface area contributed by atoms with Crippen molar-refractivity contribution < 1.29 is 118 Å². The molecule has 0 amide bonds. The molecule has 0 aromatic rings. The standard InChI is InChI=1S/C20H20F26OSi2/c1-7(21)9(23,24)11(27,28)13(31,32)15(35,36)17(39,40)19(43,44)49(6,47-48(3,4)5)20(45,46)18(41,42)16(37,38)14(33,34)12(29,30)10(25,26)8(2)22/h7-8H,1-6H3. The molecule has 0 saturated carbocycles. The lowest BCUT2D eigenvalue weighted by Crippen LogP contribution is -2.84. The van der Waals surface area contributed by atoms with E-state index in [1.807, 2.05) is 0 Å². The second-order valence-corrected chi connectivity index (χ2v) is 19.8. The van der Waals surface area contributed by atoms with E-state index in [0.29, 0.717) is 0 Å². The van der Waals surface area contributed by atoms with Gasteiger partial charge in [0.2, 0.25) is 0 Å². The van der Waals surface area contributed by atoms with E-state index in [1.165, 1.54) is 0 Å². The molecule has 0 aliphatic rings. The van der Waals surface area contributed by atoms with Crippen LogP contribution < -0.4 is 0 Å². The molecule has 2 atom stereocenters. The summed E-state index contributed by atoms with van der Waals surface area (Å²) in [6.45, 7) is -3.11. The van der Waals surface area contributed by atoms with Crippen LogP contribution in [0.4, 0.5) is 114 Å². The van der Waals surface area contributed by atoms with Gasteiger partial charge < -0.3 is 4.12 Å². The first-order valence-corrected chi connectivity index (χ1v) is 17.9. The molecular formula is C20H20F26OSi2. The number of halogens is 26. The first kappa shape index (κ1) is 47.6. The maximum atomic E-state index is 15.2. The van der Waals surface area contributed by atoms with Crippen LogP contribution in [0.5, 0.6) is 0 Å². The Morgan fingerprint density at radius 3 is 0.694 bits per heavy atom. The summed E-state index contributed by atoms with van der Waals surface area (Å²) >= 11 is 0. The van der Waals surface area contributed by atoms with Crippen LogP contribution in [0.3, 0.4) is 0 Å². The van der Waals surface area contributed by atoms with Crippen molar-refractivity contribution in [3.8, 4) is 0 Å². The molecule has 0 radical (unpaired) electrons. The molecule has 0 aromatic carbocycles. The topological polar surface area (TPSA) is 9.23 Å². The lowest BCUT2D eigenvalue weighted by molar-refractivity contribution is -0.428. The predicted molar refractivity (Wildman–Crippen MR) is 117 cm³/mol. The zero-order valence-electron chi connectivity index (χ0n) is 24.4. The molecule has 0 N–H and O–H groups in total. The van der Waals surface area contributed by atoms with E-state index in [1.54, 1.807) is 0 Å². The van der Waals surface area contributed by atoms with Gasteiger partial charge in [0, 0.05) is 0 Å². The van der Waals surface area contributed by atoms with Gasteiger partial charge in [0.25, 0.3) is 0 Å². The Labute approximate surface area is 258 Å². The van der Waals surface area contributed by atoms with Gasteiger partial charge in [-0.3, -0.25) is 0 Å². The fraction of sp³-hybridized carbons (Fsp3) is 1.00. The number of hydrogen-bond donors (Lipinski definition) is 0. The van der Waals surface area contributed by atoms with Crippen molar-refractivity contribution >= 4 is 16.6 Å². The average Bonchev–Trinajstić information content (AvgIpc) is 2.85. The summed E-state index contributed by atoms with van der Waals surface area (Å²) in [5.74, 6) is -84.6. The first-order valence-electron chi connectivity index (χ1n) is 12.1. The van der Waals surface area contributed by atoms with Crippen LogP contribution in [0.25, 0.3) is 0 Å². The van der Waals surface area contributed by atoms with Gasteiger partial charge in [-0.25, -0.2) is 26.3 Å². The molecule has 0 spiro atoms. The summed E-state index contributed by atoms with van der Waals surface area (Å²) < 4.78 is 371. The van der Waals surface area contributed by atoms with Crippen molar-refractivity contribution in [2.24, 2.45) is 0 Å². The number of rotatable bonds is 16. The summed E-state index contributed by atoms with van der Waals surface area (Å²) in [5.41, 5.74) is -17.0. The summed E-state index contributed by atoms with van der Waals surface area (Å²) in [6.07, 6.45) is -9.52. The molecule has 0 rings (SSSR count). The molecule has 0 bridgehead atoms. The van der Waals surface area contributed by atoms with E-state index >= 15 is 17.6 Å². The molecule has 0 aliphatic heterocycles. The van der Waals surface area contributed by atoms with Crippen LogP contribution >= 0.6 is 0 Å². The third-order valence-electron chi connectivity index (χ3n) is 6.70. The second-order valence-electron chi connectivity index (χ2n) is 11.5. The Kier molecular flexibility index (Phi) is 11.7. The molecule has 49 heavy (non-hydrogen) atoms.